The number of nitrogens with zero attached hydrogens (tertiary/aromatic N) is 3. The number of halogens is 1. The molecule has 0 bridgehead atoms. The number of para-hydroxylation sites is 1. The molecule has 2 aromatic carbocycles. The predicted molar refractivity (Wildman–Crippen MR) is 106 cm³/mol. The van der Waals surface area contributed by atoms with Gasteiger partial charge in [-0.1, -0.05) is 30.3 Å². The number of phenolic OH excluding ortho intramolecular Hbond substituents is 1. The zero-order valence-corrected chi connectivity index (χ0v) is 15.6. The van der Waals surface area contributed by atoms with Crippen LogP contribution in [0.2, 0.25) is 0 Å². The molecule has 1 aliphatic heterocycles. The summed E-state index contributed by atoms with van der Waals surface area (Å²) in [6, 6.07) is 14.8. The second kappa shape index (κ2) is 7.50. The molecule has 0 spiro atoms. The van der Waals surface area contributed by atoms with Crippen LogP contribution in [-0.4, -0.2) is 39.5 Å². The van der Waals surface area contributed by atoms with Gasteiger partial charge in [0.05, 0.1) is 23.0 Å². The molecule has 1 aliphatic rings. The van der Waals surface area contributed by atoms with E-state index in [2.05, 4.69) is 10.2 Å². The molecule has 0 radical (unpaired) electrons. The van der Waals surface area contributed by atoms with E-state index in [-0.39, 0.29) is 24.2 Å². The number of benzene rings is 2. The average molecular weight is 393 g/mol. The van der Waals surface area contributed by atoms with Crippen molar-refractivity contribution in [1.29, 1.82) is 0 Å². The van der Waals surface area contributed by atoms with Crippen LogP contribution in [0.4, 0.5) is 10.1 Å². The molecule has 2 heterocycles. The molecule has 3 aromatic rings. The topological polar surface area (TPSA) is 86.5 Å². The van der Waals surface area contributed by atoms with Crippen LogP contribution >= 0.6 is 0 Å². The van der Waals surface area contributed by atoms with Gasteiger partial charge in [0, 0.05) is 24.2 Å². The summed E-state index contributed by atoms with van der Waals surface area (Å²) in [5.74, 6) is -1.39. The van der Waals surface area contributed by atoms with Crippen LogP contribution in [0.15, 0.2) is 60.8 Å². The number of hydrogen-bond donors (Lipinski definition) is 2. The van der Waals surface area contributed by atoms with Crippen molar-refractivity contribution in [1.82, 2.24) is 10.2 Å². The van der Waals surface area contributed by atoms with Gasteiger partial charge in [-0.3, -0.25) is 4.79 Å². The quantitative estimate of drug-likeness (QED) is 0.704. The summed E-state index contributed by atoms with van der Waals surface area (Å²) in [6.45, 7) is 0.874. The molecule has 148 valence electrons. The minimum atomic E-state index is -1.25. The Morgan fingerprint density at radius 3 is 2.45 bits per heavy atom. The van der Waals surface area contributed by atoms with E-state index in [0.717, 1.165) is 5.69 Å². The SMILES string of the molecule is O=C(O)C1(c2ccccc2F)CCN(c2cnnc(-c3ccccc3O)c2)CC1. The fourth-order valence-corrected chi connectivity index (χ4v) is 3.95. The third-order valence-electron chi connectivity index (χ3n) is 5.60. The van der Waals surface area contributed by atoms with Gasteiger partial charge >= 0.3 is 5.97 Å². The number of carbonyl (C=O) groups is 1. The van der Waals surface area contributed by atoms with Crippen molar-refractivity contribution in [2.45, 2.75) is 18.3 Å². The first-order valence-electron chi connectivity index (χ1n) is 9.36. The summed E-state index contributed by atoms with van der Waals surface area (Å²) in [5, 5.41) is 28.1. The Morgan fingerprint density at radius 1 is 1.07 bits per heavy atom. The number of rotatable bonds is 4. The second-order valence-electron chi connectivity index (χ2n) is 7.17. The highest BCUT2D eigenvalue weighted by atomic mass is 19.1. The van der Waals surface area contributed by atoms with Gasteiger partial charge in [0.1, 0.15) is 11.6 Å². The minimum Gasteiger partial charge on any atom is -0.507 e. The third-order valence-corrected chi connectivity index (χ3v) is 5.60. The lowest BCUT2D eigenvalue weighted by Gasteiger charge is -2.40. The second-order valence-corrected chi connectivity index (χ2v) is 7.17. The molecular weight excluding hydrogens is 373 g/mol. The highest BCUT2D eigenvalue weighted by Gasteiger charge is 2.44. The Labute approximate surface area is 167 Å². The highest BCUT2D eigenvalue weighted by molar-refractivity contribution is 5.82. The van der Waals surface area contributed by atoms with E-state index in [1.807, 2.05) is 11.0 Å². The van der Waals surface area contributed by atoms with E-state index in [4.69, 9.17) is 0 Å². The van der Waals surface area contributed by atoms with Gasteiger partial charge in [0.2, 0.25) is 0 Å². The summed E-state index contributed by atoms with van der Waals surface area (Å²) in [5.41, 5.74) is 0.874. The number of piperidine rings is 1. The number of hydrogen-bond acceptors (Lipinski definition) is 5. The Morgan fingerprint density at radius 2 is 1.76 bits per heavy atom. The Kier molecular flexibility index (Phi) is 4.88. The first-order valence-corrected chi connectivity index (χ1v) is 9.36. The molecule has 0 saturated carbocycles. The molecule has 4 rings (SSSR count). The largest absolute Gasteiger partial charge is 0.507 e. The lowest BCUT2D eigenvalue weighted by molar-refractivity contribution is -0.145. The summed E-state index contributed by atoms with van der Waals surface area (Å²) in [6.07, 6.45) is 2.16. The standard InChI is InChI=1S/C22H20FN3O3/c23-18-7-3-2-6-17(18)22(21(28)29)9-11-26(12-10-22)15-13-19(25-24-14-15)16-5-1-4-8-20(16)27/h1-8,13-14,27H,9-12H2,(H,28,29). The Bertz CT molecular complexity index is 1050. The molecule has 1 fully saturated rings. The van der Waals surface area contributed by atoms with Crippen LogP contribution in [0.5, 0.6) is 5.75 Å². The number of phenols is 1. The van der Waals surface area contributed by atoms with Crippen molar-refractivity contribution in [2.24, 2.45) is 0 Å². The molecule has 6 nitrogen and oxygen atoms in total. The lowest BCUT2D eigenvalue weighted by Crippen LogP contribution is -2.48. The number of anilines is 1. The highest BCUT2D eigenvalue weighted by Crippen LogP contribution is 2.39. The van der Waals surface area contributed by atoms with E-state index in [1.54, 1.807) is 48.7 Å². The molecule has 0 aliphatic carbocycles. The maximum absolute atomic E-state index is 14.4. The van der Waals surface area contributed by atoms with Crippen LogP contribution < -0.4 is 4.90 Å². The number of aromatic hydroxyl groups is 1. The smallest absolute Gasteiger partial charge is 0.314 e. The van der Waals surface area contributed by atoms with Gasteiger partial charge in [0.25, 0.3) is 0 Å². The molecule has 0 amide bonds. The summed E-state index contributed by atoms with van der Waals surface area (Å²) in [7, 11) is 0. The van der Waals surface area contributed by atoms with E-state index >= 15 is 0 Å². The summed E-state index contributed by atoms with van der Waals surface area (Å²) >= 11 is 0. The van der Waals surface area contributed by atoms with Gasteiger partial charge in [0.15, 0.2) is 0 Å². The maximum atomic E-state index is 14.4. The van der Waals surface area contributed by atoms with Gasteiger partial charge < -0.3 is 15.1 Å². The van der Waals surface area contributed by atoms with Crippen LogP contribution in [0.3, 0.4) is 0 Å². The number of carboxylic acid groups (broad SMARTS) is 1. The molecule has 1 saturated heterocycles. The fourth-order valence-electron chi connectivity index (χ4n) is 3.95. The van der Waals surface area contributed by atoms with Crippen molar-refractivity contribution >= 4 is 11.7 Å². The Hall–Kier alpha value is -3.48. The minimum absolute atomic E-state index is 0.113. The first-order chi connectivity index (χ1) is 14.0. The molecule has 1 aromatic heterocycles. The molecule has 0 atom stereocenters. The van der Waals surface area contributed by atoms with Gasteiger partial charge in [-0.15, -0.1) is 0 Å². The number of carboxylic acids is 1. The van der Waals surface area contributed by atoms with E-state index in [0.29, 0.717) is 24.3 Å². The molecule has 29 heavy (non-hydrogen) atoms. The number of aromatic nitrogens is 2. The summed E-state index contributed by atoms with van der Waals surface area (Å²) in [4.78, 5) is 14.1. The van der Waals surface area contributed by atoms with Crippen molar-refractivity contribution < 1.29 is 19.4 Å². The summed E-state index contributed by atoms with van der Waals surface area (Å²) < 4.78 is 14.4. The van der Waals surface area contributed by atoms with Crippen molar-refractivity contribution in [3.63, 3.8) is 0 Å². The molecular formula is C22H20FN3O3. The third kappa shape index (κ3) is 3.40. The van der Waals surface area contributed by atoms with Crippen LogP contribution in [-0.2, 0) is 10.2 Å². The predicted octanol–water partition coefficient (Wildman–Crippen LogP) is 3.61. The lowest BCUT2D eigenvalue weighted by atomic mass is 9.72. The molecule has 0 unspecified atom stereocenters. The average Bonchev–Trinajstić information content (AvgIpc) is 2.74. The van der Waals surface area contributed by atoms with Crippen LogP contribution in [0.25, 0.3) is 11.3 Å². The van der Waals surface area contributed by atoms with Crippen molar-refractivity contribution in [3.8, 4) is 17.0 Å². The van der Waals surface area contributed by atoms with Crippen LogP contribution in [0, 0.1) is 5.82 Å². The molecule has 2 N–H and O–H groups in total. The monoisotopic (exact) mass is 393 g/mol. The van der Waals surface area contributed by atoms with Crippen molar-refractivity contribution in [3.05, 3.63) is 72.2 Å². The molecule has 7 heteroatoms. The van der Waals surface area contributed by atoms with E-state index < -0.39 is 17.2 Å². The zero-order chi connectivity index (χ0) is 20.4. The van der Waals surface area contributed by atoms with E-state index in [9.17, 15) is 19.4 Å². The normalized spacial score (nSPS) is 15.8. The fraction of sp³-hybridized carbons (Fsp3) is 0.227. The van der Waals surface area contributed by atoms with Gasteiger partial charge in [-0.05, 0) is 37.1 Å². The Balaban J connectivity index is 1.60. The zero-order valence-electron chi connectivity index (χ0n) is 15.6. The number of aliphatic carboxylic acids is 1. The van der Waals surface area contributed by atoms with Crippen LogP contribution in [0.1, 0.15) is 18.4 Å². The van der Waals surface area contributed by atoms with Gasteiger partial charge in [-0.2, -0.15) is 10.2 Å². The van der Waals surface area contributed by atoms with Gasteiger partial charge in [-0.25, -0.2) is 4.39 Å². The first kappa shape index (κ1) is 18.9. The van der Waals surface area contributed by atoms with Crippen molar-refractivity contribution in [2.75, 3.05) is 18.0 Å². The maximum Gasteiger partial charge on any atom is 0.314 e. The van der Waals surface area contributed by atoms with E-state index in [1.165, 1.54) is 6.07 Å².